The Morgan fingerprint density at radius 1 is 1.14 bits per heavy atom. The van der Waals surface area contributed by atoms with Crippen molar-refractivity contribution in [3.05, 3.63) is 0 Å². The topological polar surface area (TPSA) is 50.8 Å². The third-order valence-corrected chi connectivity index (χ3v) is 4.50. The smallest absolute Gasteiger partial charge is 0.191 e. The van der Waals surface area contributed by atoms with Crippen LogP contribution in [0, 0.1) is 5.92 Å². The first-order valence-electron chi connectivity index (χ1n) is 8.42. The van der Waals surface area contributed by atoms with Gasteiger partial charge in [0.25, 0.3) is 0 Å². The standard InChI is InChI=1S/C16H31N3O.HI/c1-14-7-6-11-19(13-14)16(17)18-10-12-20-15-8-4-2-3-5-9-15;/h14-15H,2-13H2,1H3,(H2,17,18);1H. The maximum atomic E-state index is 6.08. The second-order valence-electron chi connectivity index (χ2n) is 6.42. The quantitative estimate of drug-likeness (QED) is 0.255. The Morgan fingerprint density at radius 3 is 2.52 bits per heavy atom. The Balaban J connectivity index is 0.00000220. The molecule has 1 saturated heterocycles. The molecule has 1 saturated carbocycles. The summed E-state index contributed by atoms with van der Waals surface area (Å²) in [6.07, 6.45) is 10.8. The van der Waals surface area contributed by atoms with Crippen molar-refractivity contribution >= 4 is 29.9 Å². The van der Waals surface area contributed by atoms with Crippen LogP contribution in [0.25, 0.3) is 0 Å². The molecule has 0 spiro atoms. The van der Waals surface area contributed by atoms with Crippen molar-refractivity contribution < 1.29 is 4.74 Å². The minimum Gasteiger partial charge on any atom is -0.376 e. The molecule has 2 fully saturated rings. The summed E-state index contributed by atoms with van der Waals surface area (Å²) >= 11 is 0. The molecule has 4 nitrogen and oxygen atoms in total. The Labute approximate surface area is 146 Å². The van der Waals surface area contributed by atoms with Gasteiger partial charge in [0, 0.05) is 13.1 Å². The molecule has 124 valence electrons. The maximum Gasteiger partial charge on any atom is 0.191 e. The predicted molar refractivity (Wildman–Crippen MR) is 99.3 cm³/mol. The van der Waals surface area contributed by atoms with Crippen LogP contribution in [0.5, 0.6) is 0 Å². The largest absolute Gasteiger partial charge is 0.376 e. The van der Waals surface area contributed by atoms with Gasteiger partial charge in [0.15, 0.2) is 5.96 Å². The van der Waals surface area contributed by atoms with Crippen LogP contribution in [-0.2, 0) is 4.74 Å². The fourth-order valence-electron chi connectivity index (χ4n) is 3.29. The van der Waals surface area contributed by atoms with Crippen molar-refractivity contribution in [3.63, 3.8) is 0 Å². The van der Waals surface area contributed by atoms with Crippen molar-refractivity contribution in [1.29, 1.82) is 0 Å². The Morgan fingerprint density at radius 2 is 1.86 bits per heavy atom. The molecule has 21 heavy (non-hydrogen) atoms. The molecule has 0 aromatic rings. The minimum atomic E-state index is 0. The maximum absolute atomic E-state index is 6.08. The average Bonchev–Trinajstić information content (AvgIpc) is 2.72. The Bertz CT molecular complexity index is 304. The number of likely N-dealkylation sites (tertiary alicyclic amines) is 1. The number of guanidine groups is 1. The molecule has 2 aliphatic rings. The molecule has 2 N–H and O–H groups in total. The van der Waals surface area contributed by atoms with E-state index in [0.29, 0.717) is 18.6 Å². The first kappa shape index (κ1) is 19.0. The van der Waals surface area contributed by atoms with Gasteiger partial charge in [-0.25, -0.2) is 0 Å². The summed E-state index contributed by atoms with van der Waals surface area (Å²) in [5.74, 6) is 1.45. The van der Waals surface area contributed by atoms with Gasteiger partial charge >= 0.3 is 0 Å². The van der Waals surface area contributed by atoms with Crippen molar-refractivity contribution in [2.45, 2.75) is 64.4 Å². The van der Waals surface area contributed by atoms with Crippen LogP contribution in [0.15, 0.2) is 4.99 Å². The van der Waals surface area contributed by atoms with Gasteiger partial charge in [-0.3, -0.25) is 4.99 Å². The Kier molecular flexibility index (Phi) is 9.64. The lowest BCUT2D eigenvalue weighted by Gasteiger charge is -2.31. The molecule has 1 aliphatic carbocycles. The molecule has 0 aromatic heterocycles. The molecule has 1 atom stereocenters. The number of nitrogens with two attached hydrogens (primary N) is 1. The van der Waals surface area contributed by atoms with Crippen LogP contribution < -0.4 is 5.73 Å². The van der Waals surface area contributed by atoms with Crippen LogP contribution in [0.2, 0.25) is 0 Å². The van der Waals surface area contributed by atoms with E-state index in [1.54, 1.807) is 0 Å². The molecule has 0 radical (unpaired) electrons. The van der Waals surface area contributed by atoms with E-state index in [1.165, 1.54) is 51.4 Å². The lowest BCUT2D eigenvalue weighted by atomic mass is 10.0. The first-order chi connectivity index (χ1) is 9.75. The summed E-state index contributed by atoms with van der Waals surface area (Å²) in [4.78, 5) is 6.71. The minimum absolute atomic E-state index is 0. The summed E-state index contributed by atoms with van der Waals surface area (Å²) < 4.78 is 5.94. The van der Waals surface area contributed by atoms with Gasteiger partial charge in [-0.2, -0.15) is 0 Å². The van der Waals surface area contributed by atoms with Crippen molar-refractivity contribution in [1.82, 2.24) is 4.90 Å². The van der Waals surface area contributed by atoms with E-state index in [4.69, 9.17) is 10.5 Å². The third-order valence-electron chi connectivity index (χ3n) is 4.50. The summed E-state index contributed by atoms with van der Waals surface area (Å²) in [5, 5.41) is 0. The number of nitrogens with zero attached hydrogens (tertiary/aromatic N) is 2. The van der Waals surface area contributed by atoms with Gasteiger partial charge in [-0.1, -0.05) is 32.6 Å². The highest BCUT2D eigenvalue weighted by atomic mass is 127. The Hall–Kier alpha value is -0.0400. The zero-order valence-electron chi connectivity index (χ0n) is 13.4. The van der Waals surface area contributed by atoms with Gasteiger partial charge in [0.2, 0.25) is 0 Å². The summed E-state index contributed by atoms with van der Waals surface area (Å²) in [7, 11) is 0. The lowest BCUT2D eigenvalue weighted by molar-refractivity contribution is 0.0486. The highest BCUT2D eigenvalue weighted by Crippen LogP contribution is 2.19. The first-order valence-corrected chi connectivity index (χ1v) is 8.42. The molecule has 1 aliphatic heterocycles. The number of hydrogen-bond donors (Lipinski definition) is 1. The molecule has 1 unspecified atom stereocenters. The average molecular weight is 409 g/mol. The summed E-state index contributed by atoms with van der Waals surface area (Å²) in [5.41, 5.74) is 6.08. The zero-order valence-corrected chi connectivity index (χ0v) is 15.8. The van der Waals surface area contributed by atoms with E-state index >= 15 is 0 Å². The van der Waals surface area contributed by atoms with E-state index < -0.39 is 0 Å². The van der Waals surface area contributed by atoms with E-state index in [1.807, 2.05) is 0 Å². The van der Waals surface area contributed by atoms with Crippen LogP contribution in [0.4, 0.5) is 0 Å². The number of ether oxygens (including phenoxy) is 1. The van der Waals surface area contributed by atoms with Crippen LogP contribution in [0.3, 0.4) is 0 Å². The van der Waals surface area contributed by atoms with Crippen LogP contribution in [0.1, 0.15) is 58.3 Å². The number of halogens is 1. The number of piperidine rings is 1. The number of rotatable bonds is 4. The predicted octanol–water partition coefficient (Wildman–Crippen LogP) is 3.39. The zero-order chi connectivity index (χ0) is 14.2. The molecular weight excluding hydrogens is 377 g/mol. The molecule has 0 aromatic carbocycles. The fourth-order valence-corrected chi connectivity index (χ4v) is 3.29. The second-order valence-corrected chi connectivity index (χ2v) is 6.42. The van der Waals surface area contributed by atoms with Gasteiger partial charge in [0.1, 0.15) is 0 Å². The third kappa shape index (κ3) is 7.17. The van der Waals surface area contributed by atoms with Gasteiger partial charge < -0.3 is 15.4 Å². The summed E-state index contributed by atoms with van der Waals surface area (Å²) in [6, 6.07) is 0. The second kappa shape index (κ2) is 10.6. The lowest BCUT2D eigenvalue weighted by Crippen LogP contribution is -2.43. The van der Waals surface area contributed by atoms with E-state index in [9.17, 15) is 0 Å². The van der Waals surface area contributed by atoms with Gasteiger partial charge in [-0.15, -0.1) is 24.0 Å². The summed E-state index contributed by atoms with van der Waals surface area (Å²) in [6.45, 7) is 5.82. The van der Waals surface area contributed by atoms with Gasteiger partial charge in [-0.05, 0) is 31.6 Å². The highest BCUT2D eigenvalue weighted by Gasteiger charge is 2.17. The van der Waals surface area contributed by atoms with Crippen molar-refractivity contribution in [3.8, 4) is 0 Å². The molecule has 5 heteroatoms. The molecule has 1 heterocycles. The highest BCUT2D eigenvalue weighted by molar-refractivity contribution is 14.0. The van der Waals surface area contributed by atoms with Crippen molar-refractivity contribution in [2.75, 3.05) is 26.2 Å². The number of hydrogen-bond acceptors (Lipinski definition) is 2. The normalized spacial score (nSPS) is 25.3. The molecule has 2 rings (SSSR count). The van der Waals surface area contributed by atoms with Crippen molar-refractivity contribution in [2.24, 2.45) is 16.6 Å². The number of aliphatic imine (C=N–C) groups is 1. The monoisotopic (exact) mass is 409 g/mol. The molecule has 0 bridgehead atoms. The van der Waals surface area contributed by atoms with E-state index in [2.05, 4.69) is 16.8 Å². The van der Waals surface area contributed by atoms with Crippen LogP contribution in [-0.4, -0.2) is 43.2 Å². The SMILES string of the molecule is CC1CCCN(C(N)=NCCOC2CCCCCC2)C1.I. The van der Waals surface area contributed by atoms with Gasteiger partial charge in [0.05, 0.1) is 19.3 Å². The fraction of sp³-hybridized carbons (Fsp3) is 0.938. The molecule has 0 amide bonds. The van der Waals surface area contributed by atoms with E-state index in [-0.39, 0.29) is 24.0 Å². The van der Waals surface area contributed by atoms with E-state index in [0.717, 1.165) is 25.6 Å². The molecular formula is C16H32IN3O. The van der Waals surface area contributed by atoms with Crippen LogP contribution >= 0.6 is 24.0 Å².